The highest BCUT2D eigenvalue weighted by Gasteiger charge is 2.25. The third-order valence-electron chi connectivity index (χ3n) is 3.41. The number of hydrogen-bond donors (Lipinski definition) is 0. The smallest absolute Gasteiger partial charge is 0.234 e. The van der Waals surface area contributed by atoms with Crippen LogP contribution in [-0.2, 0) is 27.5 Å². The van der Waals surface area contributed by atoms with Crippen molar-refractivity contribution >= 4 is 28.1 Å². The number of rotatable bonds is 9. The van der Waals surface area contributed by atoms with Crippen molar-refractivity contribution in [2.24, 2.45) is 0 Å². The van der Waals surface area contributed by atoms with Crippen molar-refractivity contribution in [2.75, 3.05) is 5.33 Å². The van der Waals surface area contributed by atoms with Gasteiger partial charge >= 0.3 is 0 Å². The molecule has 23 heavy (non-hydrogen) atoms. The second kappa shape index (κ2) is 9.22. The van der Waals surface area contributed by atoms with Gasteiger partial charge in [0, 0.05) is 6.42 Å². The van der Waals surface area contributed by atoms with E-state index in [1.807, 2.05) is 60.7 Å². The Balaban J connectivity index is 2.08. The molecule has 4 nitrogen and oxygen atoms in total. The van der Waals surface area contributed by atoms with Gasteiger partial charge in [-0.25, -0.2) is 5.06 Å². The minimum absolute atomic E-state index is 0.103. The normalized spacial score (nSPS) is 11.7. The zero-order chi connectivity index (χ0) is 16.5. The molecule has 0 bridgehead atoms. The van der Waals surface area contributed by atoms with Crippen LogP contribution in [0, 0.1) is 0 Å². The average molecular weight is 376 g/mol. The van der Waals surface area contributed by atoms with Crippen LogP contribution in [0.1, 0.15) is 11.1 Å². The van der Waals surface area contributed by atoms with Gasteiger partial charge in [0.1, 0.15) is 12.6 Å². The van der Waals surface area contributed by atoms with Gasteiger partial charge in [0.15, 0.2) is 5.78 Å². The summed E-state index contributed by atoms with van der Waals surface area (Å²) in [6.07, 6.45) is 0.982. The van der Waals surface area contributed by atoms with E-state index in [4.69, 9.17) is 4.84 Å². The van der Waals surface area contributed by atoms with E-state index >= 15 is 0 Å². The first-order valence-corrected chi connectivity index (χ1v) is 8.40. The van der Waals surface area contributed by atoms with Crippen LogP contribution in [0.15, 0.2) is 60.7 Å². The van der Waals surface area contributed by atoms with E-state index in [1.165, 1.54) is 0 Å². The lowest BCUT2D eigenvalue weighted by Gasteiger charge is -2.26. The van der Waals surface area contributed by atoms with Crippen LogP contribution < -0.4 is 0 Å². The lowest BCUT2D eigenvalue weighted by molar-refractivity contribution is -0.193. The van der Waals surface area contributed by atoms with Crippen molar-refractivity contribution in [3.8, 4) is 0 Å². The Morgan fingerprint density at radius 2 is 1.61 bits per heavy atom. The van der Waals surface area contributed by atoms with Gasteiger partial charge in [-0.05, 0) is 11.1 Å². The summed E-state index contributed by atoms with van der Waals surface area (Å²) >= 11 is 3.17. The zero-order valence-electron chi connectivity index (χ0n) is 12.6. The average Bonchev–Trinajstić information content (AvgIpc) is 2.62. The van der Waals surface area contributed by atoms with E-state index in [0.717, 1.165) is 16.2 Å². The maximum absolute atomic E-state index is 12.2. The Bertz CT molecular complexity index is 619. The lowest BCUT2D eigenvalue weighted by atomic mass is 10.0. The maximum Gasteiger partial charge on any atom is 0.234 e. The molecule has 0 spiro atoms. The predicted octanol–water partition coefficient (Wildman–Crippen LogP) is 3.15. The molecule has 5 heteroatoms. The van der Waals surface area contributed by atoms with Crippen LogP contribution in [0.25, 0.3) is 0 Å². The van der Waals surface area contributed by atoms with Gasteiger partial charge in [-0.1, -0.05) is 76.6 Å². The number of amides is 1. The highest BCUT2D eigenvalue weighted by Crippen LogP contribution is 2.12. The maximum atomic E-state index is 12.2. The molecule has 0 aliphatic heterocycles. The minimum Gasteiger partial charge on any atom is -0.296 e. The molecule has 120 valence electrons. The molecule has 0 N–H and O–H groups in total. The topological polar surface area (TPSA) is 46.6 Å². The third kappa shape index (κ3) is 5.30. The van der Waals surface area contributed by atoms with E-state index in [-0.39, 0.29) is 17.7 Å². The van der Waals surface area contributed by atoms with E-state index in [9.17, 15) is 9.59 Å². The first kappa shape index (κ1) is 17.4. The number of hydrogen-bond acceptors (Lipinski definition) is 3. The first-order valence-electron chi connectivity index (χ1n) is 7.27. The Morgan fingerprint density at radius 1 is 1.04 bits per heavy atom. The second-order valence-corrected chi connectivity index (χ2v) is 5.59. The van der Waals surface area contributed by atoms with Crippen LogP contribution in [0.4, 0.5) is 0 Å². The summed E-state index contributed by atoms with van der Waals surface area (Å²) in [4.78, 5) is 29.2. The molecule has 0 saturated heterocycles. The molecule has 0 heterocycles. The summed E-state index contributed by atoms with van der Waals surface area (Å²) in [5.41, 5.74) is 1.91. The molecule has 1 atom stereocenters. The molecule has 0 radical (unpaired) electrons. The van der Waals surface area contributed by atoms with Gasteiger partial charge in [-0.3, -0.25) is 14.4 Å². The summed E-state index contributed by atoms with van der Waals surface area (Å²) in [5, 5.41) is 1.28. The highest BCUT2D eigenvalue weighted by atomic mass is 79.9. The predicted molar refractivity (Wildman–Crippen MR) is 91.9 cm³/mol. The number of halogens is 1. The number of ketones is 1. The summed E-state index contributed by atoms with van der Waals surface area (Å²) in [6.45, 7) is 0.237. The van der Waals surface area contributed by atoms with E-state index < -0.39 is 6.04 Å². The first-order chi connectivity index (χ1) is 11.2. The van der Waals surface area contributed by atoms with Crippen molar-refractivity contribution < 1.29 is 14.4 Å². The molecule has 2 aromatic carbocycles. The molecule has 2 aromatic rings. The van der Waals surface area contributed by atoms with Crippen LogP contribution >= 0.6 is 15.9 Å². The molecule has 0 fully saturated rings. The van der Waals surface area contributed by atoms with E-state index in [1.54, 1.807) is 0 Å². The molecule has 0 aliphatic rings. The standard InChI is InChI=1S/C18H18BrNO3/c19-12-18(22)17(11-15-7-3-1-4-8-15)20(14-21)23-13-16-9-5-2-6-10-16/h1-10,14,17H,11-13H2/t17-/m0/s1. The Kier molecular flexibility index (Phi) is 6.97. The SMILES string of the molecule is O=CN(OCc1ccccc1)[C@@H](Cc1ccccc1)C(=O)CBr. The van der Waals surface area contributed by atoms with Gasteiger partial charge in [0.2, 0.25) is 6.41 Å². The number of hydroxylamine groups is 2. The van der Waals surface area contributed by atoms with Gasteiger partial charge in [0.05, 0.1) is 5.33 Å². The monoisotopic (exact) mass is 375 g/mol. The fraction of sp³-hybridized carbons (Fsp3) is 0.222. The molecular weight excluding hydrogens is 358 g/mol. The van der Waals surface area contributed by atoms with Crippen molar-refractivity contribution in [3.05, 3.63) is 71.8 Å². The lowest BCUT2D eigenvalue weighted by Crippen LogP contribution is -2.42. The van der Waals surface area contributed by atoms with E-state index in [2.05, 4.69) is 15.9 Å². The third-order valence-corrected chi connectivity index (χ3v) is 3.96. The van der Waals surface area contributed by atoms with Gasteiger partial charge in [-0.2, -0.15) is 0 Å². The summed E-state index contributed by atoms with van der Waals surface area (Å²) in [5.74, 6) is -0.103. The minimum atomic E-state index is -0.655. The number of Topliss-reactive ketones (excluding diaryl/α,β-unsaturated/α-hetero) is 1. The zero-order valence-corrected chi connectivity index (χ0v) is 14.2. The molecule has 2 rings (SSSR count). The number of nitrogens with zero attached hydrogens (tertiary/aromatic N) is 1. The van der Waals surface area contributed by atoms with Crippen LogP contribution in [0.5, 0.6) is 0 Å². The van der Waals surface area contributed by atoms with Gasteiger partial charge < -0.3 is 0 Å². The van der Waals surface area contributed by atoms with Gasteiger partial charge in [0.25, 0.3) is 0 Å². The number of benzene rings is 2. The summed E-state index contributed by atoms with van der Waals surface area (Å²) in [6, 6.07) is 18.4. The number of alkyl halides is 1. The summed E-state index contributed by atoms with van der Waals surface area (Å²) < 4.78 is 0. The number of carbonyl (C=O) groups excluding carboxylic acids is 2. The second-order valence-electron chi connectivity index (χ2n) is 5.03. The fourth-order valence-corrected chi connectivity index (χ4v) is 2.56. The van der Waals surface area contributed by atoms with E-state index in [0.29, 0.717) is 12.8 Å². The molecular formula is C18H18BrNO3. The molecule has 0 aliphatic carbocycles. The molecule has 0 unspecified atom stereocenters. The number of carbonyl (C=O) groups is 2. The van der Waals surface area contributed by atoms with Crippen LogP contribution in [0.2, 0.25) is 0 Å². The fourth-order valence-electron chi connectivity index (χ4n) is 2.19. The van der Waals surface area contributed by atoms with Crippen molar-refractivity contribution in [3.63, 3.8) is 0 Å². The van der Waals surface area contributed by atoms with Crippen molar-refractivity contribution in [1.82, 2.24) is 5.06 Å². The van der Waals surface area contributed by atoms with Crippen molar-refractivity contribution in [2.45, 2.75) is 19.1 Å². The molecule has 1 amide bonds. The highest BCUT2D eigenvalue weighted by molar-refractivity contribution is 9.09. The summed E-state index contributed by atoms with van der Waals surface area (Å²) in [7, 11) is 0. The largest absolute Gasteiger partial charge is 0.296 e. The molecule has 0 saturated carbocycles. The van der Waals surface area contributed by atoms with Crippen LogP contribution in [0.3, 0.4) is 0 Å². The van der Waals surface area contributed by atoms with Crippen LogP contribution in [-0.4, -0.2) is 28.6 Å². The van der Waals surface area contributed by atoms with Gasteiger partial charge in [-0.15, -0.1) is 0 Å². The Labute approximate surface area is 144 Å². The van der Waals surface area contributed by atoms with Crippen molar-refractivity contribution in [1.29, 1.82) is 0 Å². The molecule has 0 aromatic heterocycles. The Hall–Kier alpha value is -1.98. The quantitative estimate of drug-likeness (QED) is 0.384. The Morgan fingerprint density at radius 3 is 2.13 bits per heavy atom.